The number of nitrogens with zero attached hydrogens (tertiary/aromatic N) is 1. The Morgan fingerprint density at radius 3 is 1.78 bits per heavy atom. The third-order valence-electron chi connectivity index (χ3n) is 12.0. The van der Waals surface area contributed by atoms with Gasteiger partial charge in [0.2, 0.25) is 0 Å². The maximum absolute atomic E-state index is 2.50. The van der Waals surface area contributed by atoms with Crippen LogP contribution in [0.15, 0.2) is 198 Å². The molecule has 262 valence electrons. The average Bonchev–Trinajstić information content (AvgIpc) is 3.77. The second kappa shape index (κ2) is 12.3. The molecule has 9 aromatic rings. The topological polar surface area (TPSA) is 3.24 Å². The number of benzene rings is 8. The Morgan fingerprint density at radius 2 is 1.02 bits per heavy atom. The van der Waals surface area contributed by atoms with Crippen LogP contribution in [0, 0.1) is 0 Å². The zero-order chi connectivity index (χ0) is 36.7. The molecule has 0 N–H and O–H groups in total. The first-order valence-corrected chi connectivity index (χ1v) is 20.6. The molecule has 0 saturated carbocycles. The Kier molecular flexibility index (Phi) is 7.30. The highest BCUT2D eigenvalue weighted by atomic mass is 32.2. The average molecular weight is 740 g/mol. The molecule has 1 nitrogen and oxygen atoms in total. The van der Waals surface area contributed by atoms with Crippen LogP contribution in [0.1, 0.15) is 47.2 Å². The highest BCUT2D eigenvalue weighted by molar-refractivity contribution is 7.99. The summed E-state index contributed by atoms with van der Waals surface area (Å²) in [4.78, 5) is 5.17. The molecule has 55 heavy (non-hydrogen) atoms. The molecule has 8 aromatic carbocycles. The van der Waals surface area contributed by atoms with E-state index in [1.807, 2.05) is 23.1 Å². The summed E-state index contributed by atoms with van der Waals surface area (Å²) in [5.74, 6) is 0. The molecule has 11 rings (SSSR count). The van der Waals surface area contributed by atoms with E-state index in [-0.39, 0.29) is 5.41 Å². The standard InChI is InChI=1S/C52H37NS2/c1-51(2)43-22-11-13-25-47(43)55-48-32-31-37(33-44(48)51)53(45-23-14-26-49-50(45)40-19-8-12-24-46(40)54-49)36-29-27-35(28-30-36)52(34-15-4-3-5-16-34)41-20-9-6-17-38(41)39-18-7-10-21-42(39)52/h3-33H,1-2H3. The molecule has 1 aliphatic carbocycles. The van der Waals surface area contributed by atoms with Crippen molar-refractivity contribution in [3.63, 3.8) is 0 Å². The number of fused-ring (bicyclic) bond motifs is 8. The van der Waals surface area contributed by atoms with Crippen LogP contribution in [0.2, 0.25) is 0 Å². The van der Waals surface area contributed by atoms with Crippen LogP contribution in [-0.2, 0) is 10.8 Å². The number of anilines is 3. The van der Waals surface area contributed by atoms with Crippen LogP contribution in [0.4, 0.5) is 17.1 Å². The number of rotatable bonds is 5. The molecule has 0 atom stereocenters. The van der Waals surface area contributed by atoms with E-state index < -0.39 is 5.41 Å². The summed E-state index contributed by atoms with van der Waals surface area (Å²) >= 11 is 3.76. The van der Waals surface area contributed by atoms with Gasteiger partial charge in [-0.2, -0.15) is 0 Å². The fourth-order valence-corrected chi connectivity index (χ4v) is 12.0. The van der Waals surface area contributed by atoms with E-state index in [0.717, 1.165) is 11.4 Å². The van der Waals surface area contributed by atoms with E-state index in [2.05, 4.69) is 207 Å². The van der Waals surface area contributed by atoms with Crippen LogP contribution >= 0.6 is 23.1 Å². The highest BCUT2D eigenvalue weighted by Crippen LogP contribution is 2.57. The minimum absolute atomic E-state index is 0.144. The molecule has 1 aliphatic heterocycles. The number of hydrogen-bond acceptors (Lipinski definition) is 3. The quantitative estimate of drug-likeness (QED) is 0.173. The van der Waals surface area contributed by atoms with Crippen molar-refractivity contribution in [1.29, 1.82) is 0 Å². The Bertz CT molecular complexity index is 2890. The van der Waals surface area contributed by atoms with Crippen molar-refractivity contribution in [1.82, 2.24) is 0 Å². The Hall–Kier alpha value is -5.87. The molecule has 0 amide bonds. The van der Waals surface area contributed by atoms with Crippen molar-refractivity contribution < 1.29 is 0 Å². The molecule has 0 saturated heterocycles. The van der Waals surface area contributed by atoms with Crippen molar-refractivity contribution >= 4 is 60.3 Å². The van der Waals surface area contributed by atoms with Crippen molar-refractivity contribution in [2.24, 2.45) is 0 Å². The third kappa shape index (κ3) is 4.73. The molecule has 2 aliphatic rings. The van der Waals surface area contributed by atoms with Gasteiger partial charge in [-0.1, -0.05) is 159 Å². The van der Waals surface area contributed by atoms with Crippen molar-refractivity contribution in [2.75, 3.05) is 4.90 Å². The summed E-state index contributed by atoms with van der Waals surface area (Å²) in [5, 5.41) is 2.59. The van der Waals surface area contributed by atoms with E-state index in [9.17, 15) is 0 Å². The van der Waals surface area contributed by atoms with Crippen molar-refractivity contribution in [3.8, 4) is 11.1 Å². The lowest BCUT2D eigenvalue weighted by molar-refractivity contribution is 0.607. The van der Waals surface area contributed by atoms with Gasteiger partial charge in [-0.15, -0.1) is 11.3 Å². The van der Waals surface area contributed by atoms with E-state index in [1.165, 1.54) is 80.2 Å². The molecule has 0 spiro atoms. The molecular formula is C52H37NS2. The van der Waals surface area contributed by atoms with E-state index in [0.29, 0.717) is 0 Å². The first kappa shape index (κ1) is 32.6. The second-order valence-electron chi connectivity index (χ2n) is 15.2. The molecule has 3 heteroatoms. The van der Waals surface area contributed by atoms with Crippen molar-refractivity contribution in [3.05, 3.63) is 221 Å². The van der Waals surface area contributed by atoms with Gasteiger partial charge in [0.1, 0.15) is 0 Å². The predicted molar refractivity (Wildman–Crippen MR) is 234 cm³/mol. The first-order chi connectivity index (χ1) is 27.0. The summed E-state index contributed by atoms with van der Waals surface area (Å²) in [6, 6.07) is 70.2. The normalized spacial score (nSPS) is 14.6. The van der Waals surface area contributed by atoms with Crippen LogP contribution in [-0.4, -0.2) is 0 Å². The van der Waals surface area contributed by atoms with Gasteiger partial charge in [0.25, 0.3) is 0 Å². The van der Waals surface area contributed by atoms with E-state index in [1.54, 1.807) is 0 Å². The monoisotopic (exact) mass is 739 g/mol. The Morgan fingerprint density at radius 1 is 0.436 bits per heavy atom. The highest BCUT2D eigenvalue weighted by Gasteiger charge is 2.46. The third-order valence-corrected chi connectivity index (χ3v) is 14.3. The van der Waals surface area contributed by atoms with Gasteiger partial charge in [-0.3, -0.25) is 0 Å². The van der Waals surface area contributed by atoms with Gasteiger partial charge in [-0.25, -0.2) is 0 Å². The van der Waals surface area contributed by atoms with Crippen LogP contribution in [0.3, 0.4) is 0 Å². The van der Waals surface area contributed by atoms with Gasteiger partial charge in [-0.05, 0) is 99.1 Å². The summed E-state index contributed by atoms with van der Waals surface area (Å²) < 4.78 is 2.61. The van der Waals surface area contributed by atoms with Gasteiger partial charge >= 0.3 is 0 Å². The lowest BCUT2D eigenvalue weighted by Gasteiger charge is -2.36. The SMILES string of the molecule is CC1(C)c2ccccc2Sc2ccc(N(c3ccc(C4(c5ccccc5)c5ccccc5-c5ccccc54)cc3)c3cccc4sc5ccccc5c34)cc21. The zero-order valence-electron chi connectivity index (χ0n) is 30.7. The lowest BCUT2D eigenvalue weighted by Crippen LogP contribution is -2.28. The molecule has 0 unspecified atom stereocenters. The summed E-state index contributed by atoms with van der Waals surface area (Å²) in [6.07, 6.45) is 0. The Balaban J connectivity index is 1.14. The minimum Gasteiger partial charge on any atom is -0.310 e. The lowest BCUT2D eigenvalue weighted by atomic mass is 9.68. The van der Waals surface area contributed by atoms with Gasteiger partial charge in [0, 0.05) is 46.8 Å². The molecule has 1 aromatic heterocycles. The summed E-state index contributed by atoms with van der Waals surface area (Å²) in [6.45, 7) is 4.75. The molecule has 2 heterocycles. The molecule has 0 fully saturated rings. The van der Waals surface area contributed by atoms with Gasteiger partial charge < -0.3 is 4.90 Å². The maximum atomic E-state index is 2.50. The summed E-state index contributed by atoms with van der Waals surface area (Å²) in [5.41, 5.74) is 13.5. The van der Waals surface area contributed by atoms with Gasteiger partial charge in [0.05, 0.1) is 11.1 Å². The number of hydrogen-bond donors (Lipinski definition) is 0. The minimum atomic E-state index is -0.443. The largest absolute Gasteiger partial charge is 0.310 e. The first-order valence-electron chi connectivity index (χ1n) is 19.0. The van der Waals surface area contributed by atoms with Crippen LogP contribution < -0.4 is 4.90 Å². The zero-order valence-corrected chi connectivity index (χ0v) is 32.3. The second-order valence-corrected chi connectivity index (χ2v) is 17.4. The fraction of sp³-hybridized carbons (Fsp3) is 0.0769. The molecule has 0 bridgehead atoms. The maximum Gasteiger partial charge on any atom is 0.0713 e. The Labute approximate surface area is 330 Å². The number of thiophene rings is 1. The van der Waals surface area contributed by atoms with Crippen LogP contribution in [0.5, 0.6) is 0 Å². The van der Waals surface area contributed by atoms with E-state index >= 15 is 0 Å². The van der Waals surface area contributed by atoms with Crippen LogP contribution in [0.25, 0.3) is 31.3 Å². The van der Waals surface area contributed by atoms with E-state index in [4.69, 9.17) is 0 Å². The fourth-order valence-electron chi connectivity index (χ4n) is 9.51. The molecule has 0 radical (unpaired) electrons. The van der Waals surface area contributed by atoms with Gasteiger partial charge in [0.15, 0.2) is 0 Å². The molecular weight excluding hydrogens is 703 g/mol. The smallest absolute Gasteiger partial charge is 0.0713 e. The summed E-state index contributed by atoms with van der Waals surface area (Å²) in [7, 11) is 0. The predicted octanol–water partition coefficient (Wildman–Crippen LogP) is 14.7. The van der Waals surface area contributed by atoms with Crippen molar-refractivity contribution in [2.45, 2.75) is 34.5 Å².